The van der Waals surface area contributed by atoms with Gasteiger partial charge in [0, 0.05) is 5.56 Å². The smallest absolute Gasteiger partial charge is 0.326 e. The maximum Gasteiger partial charge on any atom is 0.326 e. The predicted octanol–water partition coefficient (Wildman–Crippen LogP) is 2.51. The van der Waals surface area contributed by atoms with Gasteiger partial charge in [0.25, 0.3) is 5.91 Å². The highest BCUT2D eigenvalue weighted by Crippen LogP contribution is 2.11. The van der Waals surface area contributed by atoms with E-state index in [-0.39, 0.29) is 5.56 Å². The van der Waals surface area contributed by atoms with Crippen molar-refractivity contribution in [3.63, 3.8) is 0 Å². The number of unbranched alkanes of at least 4 members (excludes halogenated alkanes) is 1. The van der Waals surface area contributed by atoms with Crippen molar-refractivity contribution in [2.75, 3.05) is 0 Å². The standard InChI is InChI=1S/C14H18FNO3/c1-3-4-5-12(14(18)19)16-13(17)11-8-10(15)7-6-9(11)2/h6-8,12H,3-5H2,1-2H3,(H,16,17)(H,18,19). The van der Waals surface area contributed by atoms with Crippen LogP contribution in [0.3, 0.4) is 0 Å². The number of benzene rings is 1. The maximum absolute atomic E-state index is 13.1. The number of aryl methyl sites for hydroxylation is 1. The first-order chi connectivity index (χ1) is 8.95. The van der Waals surface area contributed by atoms with Crippen molar-refractivity contribution in [2.24, 2.45) is 0 Å². The Bertz CT molecular complexity index is 474. The second kappa shape index (κ2) is 6.87. The Labute approximate surface area is 111 Å². The topological polar surface area (TPSA) is 66.4 Å². The van der Waals surface area contributed by atoms with Crippen LogP contribution >= 0.6 is 0 Å². The fraction of sp³-hybridized carbons (Fsp3) is 0.429. The maximum atomic E-state index is 13.1. The summed E-state index contributed by atoms with van der Waals surface area (Å²) in [6.45, 7) is 3.62. The van der Waals surface area contributed by atoms with E-state index < -0.39 is 23.7 Å². The van der Waals surface area contributed by atoms with E-state index in [2.05, 4.69) is 5.32 Å². The molecular formula is C14H18FNO3. The molecule has 0 saturated heterocycles. The Hall–Kier alpha value is -1.91. The molecule has 1 atom stereocenters. The average Bonchev–Trinajstić information content (AvgIpc) is 2.36. The van der Waals surface area contributed by atoms with Crippen LogP contribution in [0, 0.1) is 12.7 Å². The van der Waals surface area contributed by atoms with Gasteiger partial charge in [0.05, 0.1) is 0 Å². The number of nitrogens with one attached hydrogen (secondary N) is 1. The van der Waals surface area contributed by atoms with Crippen molar-refractivity contribution >= 4 is 11.9 Å². The molecule has 0 spiro atoms. The van der Waals surface area contributed by atoms with Crippen LogP contribution in [0.5, 0.6) is 0 Å². The molecule has 1 aromatic rings. The van der Waals surface area contributed by atoms with Gasteiger partial charge in [0.15, 0.2) is 0 Å². The zero-order valence-corrected chi connectivity index (χ0v) is 11.1. The molecule has 0 aliphatic heterocycles. The number of carboxylic acids is 1. The average molecular weight is 267 g/mol. The number of hydrogen-bond donors (Lipinski definition) is 2. The number of carbonyl (C=O) groups excluding carboxylic acids is 1. The molecule has 0 heterocycles. The number of aliphatic carboxylic acids is 1. The Morgan fingerprint density at radius 1 is 1.42 bits per heavy atom. The third-order valence-electron chi connectivity index (χ3n) is 2.89. The molecule has 0 bridgehead atoms. The number of rotatable bonds is 6. The molecule has 1 unspecified atom stereocenters. The van der Waals surface area contributed by atoms with Crippen LogP contribution in [0.15, 0.2) is 18.2 Å². The highest BCUT2D eigenvalue weighted by molar-refractivity contribution is 5.97. The summed E-state index contributed by atoms with van der Waals surface area (Å²) in [7, 11) is 0. The minimum absolute atomic E-state index is 0.169. The van der Waals surface area contributed by atoms with E-state index >= 15 is 0 Å². The molecule has 0 aliphatic carbocycles. The minimum Gasteiger partial charge on any atom is -0.480 e. The van der Waals surface area contributed by atoms with Gasteiger partial charge in [0.2, 0.25) is 0 Å². The van der Waals surface area contributed by atoms with Gasteiger partial charge in [-0.2, -0.15) is 0 Å². The summed E-state index contributed by atoms with van der Waals surface area (Å²) in [5, 5.41) is 11.5. The Morgan fingerprint density at radius 3 is 2.68 bits per heavy atom. The van der Waals surface area contributed by atoms with E-state index in [1.54, 1.807) is 6.92 Å². The molecule has 1 rings (SSSR count). The Kier molecular flexibility index (Phi) is 5.48. The van der Waals surface area contributed by atoms with Crippen LogP contribution in [0.2, 0.25) is 0 Å². The highest BCUT2D eigenvalue weighted by atomic mass is 19.1. The zero-order chi connectivity index (χ0) is 14.4. The predicted molar refractivity (Wildman–Crippen MR) is 69.6 cm³/mol. The van der Waals surface area contributed by atoms with Crippen LogP contribution in [-0.4, -0.2) is 23.0 Å². The van der Waals surface area contributed by atoms with Gasteiger partial charge in [-0.05, 0) is 31.0 Å². The fourth-order valence-electron chi connectivity index (χ4n) is 1.74. The molecule has 0 saturated carbocycles. The SMILES string of the molecule is CCCCC(NC(=O)c1cc(F)ccc1C)C(=O)O. The number of hydrogen-bond acceptors (Lipinski definition) is 2. The Morgan fingerprint density at radius 2 is 2.11 bits per heavy atom. The summed E-state index contributed by atoms with van der Waals surface area (Å²) < 4.78 is 13.1. The number of halogens is 1. The van der Waals surface area contributed by atoms with Crippen LogP contribution in [0.4, 0.5) is 4.39 Å². The van der Waals surface area contributed by atoms with Crippen LogP contribution in [-0.2, 0) is 4.79 Å². The summed E-state index contributed by atoms with van der Waals surface area (Å²) in [6.07, 6.45) is 1.92. The second-order valence-electron chi connectivity index (χ2n) is 4.47. The lowest BCUT2D eigenvalue weighted by atomic mass is 10.1. The monoisotopic (exact) mass is 267 g/mol. The third-order valence-corrected chi connectivity index (χ3v) is 2.89. The second-order valence-corrected chi connectivity index (χ2v) is 4.47. The normalized spacial score (nSPS) is 11.9. The van der Waals surface area contributed by atoms with Gasteiger partial charge in [0.1, 0.15) is 11.9 Å². The highest BCUT2D eigenvalue weighted by Gasteiger charge is 2.21. The lowest BCUT2D eigenvalue weighted by Gasteiger charge is -2.15. The van der Waals surface area contributed by atoms with Crippen molar-refractivity contribution in [3.8, 4) is 0 Å². The van der Waals surface area contributed by atoms with E-state index in [0.29, 0.717) is 18.4 Å². The van der Waals surface area contributed by atoms with Gasteiger partial charge in [-0.1, -0.05) is 25.8 Å². The van der Waals surface area contributed by atoms with Crippen molar-refractivity contribution < 1.29 is 19.1 Å². The van der Waals surface area contributed by atoms with Crippen molar-refractivity contribution in [1.29, 1.82) is 0 Å². The van der Waals surface area contributed by atoms with Crippen LogP contribution < -0.4 is 5.32 Å². The van der Waals surface area contributed by atoms with E-state index in [4.69, 9.17) is 5.11 Å². The van der Waals surface area contributed by atoms with Gasteiger partial charge < -0.3 is 10.4 Å². The van der Waals surface area contributed by atoms with E-state index in [9.17, 15) is 14.0 Å². The van der Waals surface area contributed by atoms with Gasteiger partial charge in [-0.15, -0.1) is 0 Å². The van der Waals surface area contributed by atoms with Crippen molar-refractivity contribution in [1.82, 2.24) is 5.32 Å². The van der Waals surface area contributed by atoms with Gasteiger partial charge >= 0.3 is 5.97 Å². The van der Waals surface area contributed by atoms with Crippen LogP contribution in [0.25, 0.3) is 0 Å². The first kappa shape index (κ1) is 15.1. The largest absolute Gasteiger partial charge is 0.480 e. The van der Waals surface area contributed by atoms with Gasteiger partial charge in [-0.3, -0.25) is 4.79 Å². The minimum atomic E-state index is -1.07. The summed E-state index contributed by atoms with van der Waals surface area (Å²) in [4.78, 5) is 23.0. The third kappa shape index (κ3) is 4.35. The van der Waals surface area contributed by atoms with E-state index in [1.807, 2.05) is 6.92 Å². The molecule has 0 aromatic heterocycles. The molecule has 0 aliphatic rings. The fourth-order valence-corrected chi connectivity index (χ4v) is 1.74. The quantitative estimate of drug-likeness (QED) is 0.832. The van der Waals surface area contributed by atoms with E-state index in [0.717, 1.165) is 12.5 Å². The molecule has 19 heavy (non-hydrogen) atoms. The molecular weight excluding hydrogens is 249 g/mol. The molecule has 1 aromatic carbocycles. The molecule has 2 N–H and O–H groups in total. The van der Waals surface area contributed by atoms with Crippen molar-refractivity contribution in [3.05, 3.63) is 35.1 Å². The molecule has 4 nitrogen and oxygen atoms in total. The molecule has 104 valence electrons. The molecule has 5 heteroatoms. The first-order valence-electron chi connectivity index (χ1n) is 6.25. The molecule has 0 radical (unpaired) electrons. The zero-order valence-electron chi connectivity index (χ0n) is 11.1. The summed E-state index contributed by atoms with van der Waals surface area (Å²) >= 11 is 0. The van der Waals surface area contributed by atoms with Gasteiger partial charge in [-0.25, -0.2) is 9.18 Å². The Balaban J connectivity index is 2.81. The molecule has 0 fully saturated rings. The number of amides is 1. The lowest BCUT2D eigenvalue weighted by Crippen LogP contribution is -2.41. The number of carboxylic acid groups (broad SMARTS) is 1. The lowest BCUT2D eigenvalue weighted by molar-refractivity contribution is -0.139. The summed E-state index contributed by atoms with van der Waals surface area (Å²) in [6, 6.07) is 2.93. The molecule has 1 amide bonds. The first-order valence-corrected chi connectivity index (χ1v) is 6.25. The summed E-state index contributed by atoms with van der Waals surface area (Å²) in [5.74, 6) is -2.15. The summed E-state index contributed by atoms with van der Waals surface area (Å²) in [5.41, 5.74) is 0.779. The van der Waals surface area contributed by atoms with E-state index in [1.165, 1.54) is 12.1 Å². The van der Waals surface area contributed by atoms with Crippen molar-refractivity contribution in [2.45, 2.75) is 39.2 Å². The van der Waals surface area contributed by atoms with Crippen LogP contribution in [0.1, 0.15) is 42.1 Å². The number of carbonyl (C=O) groups is 2.